The third-order valence-corrected chi connectivity index (χ3v) is 4.87. The summed E-state index contributed by atoms with van der Waals surface area (Å²) in [6.07, 6.45) is 0.952. The molecule has 0 unspecified atom stereocenters. The molecular weight excluding hydrogens is 332 g/mol. The third kappa shape index (κ3) is 4.52. The lowest BCUT2D eigenvalue weighted by Crippen LogP contribution is -2.50. The first-order valence-corrected chi connectivity index (χ1v) is 8.47. The Hall–Kier alpha value is -0.430. The molecule has 2 heterocycles. The van der Waals surface area contributed by atoms with Gasteiger partial charge in [0.05, 0.1) is 21.5 Å². The van der Waals surface area contributed by atoms with Crippen LogP contribution in [0.1, 0.15) is 32.2 Å². The fourth-order valence-electron chi connectivity index (χ4n) is 2.86. The van der Waals surface area contributed by atoms with E-state index in [1.807, 2.05) is 25.6 Å². The first-order chi connectivity index (χ1) is 9.80. The summed E-state index contributed by atoms with van der Waals surface area (Å²) in [5.74, 6) is 0. The molecule has 1 N–H and O–H groups in total. The minimum atomic E-state index is -0.608. The highest BCUT2D eigenvalue weighted by Crippen LogP contribution is 2.23. The fourth-order valence-corrected chi connectivity index (χ4v) is 3.60. The van der Waals surface area contributed by atoms with Crippen LogP contribution in [0.3, 0.4) is 0 Å². The lowest BCUT2D eigenvalue weighted by Gasteiger charge is -2.37. The number of aromatic nitrogens is 2. The van der Waals surface area contributed by atoms with E-state index >= 15 is 0 Å². The molecule has 1 aliphatic rings. The molecule has 2 rings (SSSR count). The summed E-state index contributed by atoms with van der Waals surface area (Å²) >= 11 is 3.69. The first kappa shape index (κ1) is 16.9. The van der Waals surface area contributed by atoms with Gasteiger partial charge in [-0.3, -0.25) is 14.5 Å². The van der Waals surface area contributed by atoms with Crippen LogP contribution in [0.4, 0.5) is 0 Å². The molecule has 1 saturated heterocycles. The van der Waals surface area contributed by atoms with Gasteiger partial charge in [0, 0.05) is 46.3 Å². The summed E-state index contributed by atoms with van der Waals surface area (Å²) in [6.45, 7) is 11.7. The van der Waals surface area contributed by atoms with Crippen LogP contribution in [0.2, 0.25) is 0 Å². The van der Waals surface area contributed by atoms with E-state index in [4.69, 9.17) is 0 Å². The summed E-state index contributed by atoms with van der Waals surface area (Å²) < 4.78 is 3.15. The molecule has 21 heavy (non-hydrogen) atoms. The van der Waals surface area contributed by atoms with Gasteiger partial charge >= 0.3 is 0 Å². The first-order valence-electron chi connectivity index (χ1n) is 7.67. The average Bonchev–Trinajstić information content (AvgIpc) is 2.66. The number of aryl methyl sites for hydroxylation is 2. The van der Waals surface area contributed by atoms with E-state index < -0.39 is 5.60 Å². The monoisotopic (exact) mass is 358 g/mol. The smallest absolute Gasteiger partial charge is 0.0767 e. The van der Waals surface area contributed by atoms with Crippen molar-refractivity contribution in [2.45, 2.75) is 39.3 Å². The molecule has 0 atom stereocenters. The van der Waals surface area contributed by atoms with Crippen molar-refractivity contribution in [2.24, 2.45) is 7.05 Å². The van der Waals surface area contributed by atoms with E-state index in [-0.39, 0.29) is 0 Å². The number of aliphatic hydroxyl groups is 1. The van der Waals surface area contributed by atoms with Crippen LogP contribution >= 0.6 is 15.9 Å². The second-order valence-electron chi connectivity index (χ2n) is 6.55. The molecule has 6 heteroatoms. The number of hydrogen-bond acceptors (Lipinski definition) is 4. The molecule has 0 saturated carbocycles. The predicted octanol–water partition coefficient (Wildman–Crippen LogP) is 1.63. The maximum absolute atomic E-state index is 9.90. The number of halogens is 1. The normalized spacial score (nSPS) is 18.4. The van der Waals surface area contributed by atoms with Crippen LogP contribution in [0.25, 0.3) is 0 Å². The maximum Gasteiger partial charge on any atom is 0.0767 e. The topological polar surface area (TPSA) is 44.5 Å². The Morgan fingerprint density at radius 1 is 1.19 bits per heavy atom. The zero-order chi connectivity index (χ0) is 15.6. The molecule has 1 aromatic heterocycles. The second-order valence-corrected chi connectivity index (χ2v) is 7.34. The van der Waals surface area contributed by atoms with Crippen LogP contribution in [-0.4, -0.2) is 63.0 Å². The van der Waals surface area contributed by atoms with Crippen LogP contribution in [0.15, 0.2) is 4.47 Å². The molecule has 1 aromatic rings. The molecule has 0 spiro atoms. The van der Waals surface area contributed by atoms with Gasteiger partial charge < -0.3 is 5.11 Å². The van der Waals surface area contributed by atoms with Crippen molar-refractivity contribution in [3.63, 3.8) is 0 Å². The Bertz CT molecular complexity index is 473. The number of rotatable bonds is 5. The molecule has 0 radical (unpaired) electrons. The van der Waals surface area contributed by atoms with Crippen molar-refractivity contribution < 1.29 is 5.11 Å². The lowest BCUT2D eigenvalue weighted by molar-refractivity contribution is 0.0163. The molecule has 0 aliphatic carbocycles. The van der Waals surface area contributed by atoms with Crippen molar-refractivity contribution in [1.29, 1.82) is 0 Å². The number of piperazine rings is 1. The van der Waals surface area contributed by atoms with Crippen molar-refractivity contribution in [1.82, 2.24) is 19.6 Å². The number of β-amino-alcohol motifs (C(OH)–C–C–N with tert-alkyl or cyclic N) is 1. The molecule has 1 aliphatic heterocycles. The molecule has 5 nitrogen and oxygen atoms in total. The third-order valence-electron chi connectivity index (χ3n) is 3.95. The zero-order valence-electron chi connectivity index (χ0n) is 13.6. The van der Waals surface area contributed by atoms with Gasteiger partial charge in [0.1, 0.15) is 0 Å². The van der Waals surface area contributed by atoms with Gasteiger partial charge in [0.2, 0.25) is 0 Å². The minimum Gasteiger partial charge on any atom is -0.389 e. The highest BCUT2D eigenvalue weighted by Gasteiger charge is 2.24. The van der Waals surface area contributed by atoms with Crippen molar-refractivity contribution in [3.05, 3.63) is 15.9 Å². The molecular formula is C15H27BrN4O. The Morgan fingerprint density at radius 2 is 1.76 bits per heavy atom. The standard InChI is InChI=1S/C15H27BrN4O/c1-5-12-14(16)13(18(4)17-12)10-19-6-8-20(9-7-19)11-15(2,3)21/h21H,5-11H2,1-4H3. The van der Waals surface area contributed by atoms with Crippen molar-refractivity contribution >= 4 is 15.9 Å². The second kappa shape index (κ2) is 6.77. The molecule has 0 aromatic carbocycles. The van der Waals surface area contributed by atoms with Gasteiger partial charge in [-0.2, -0.15) is 5.10 Å². The van der Waals surface area contributed by atoms with Gasteiger partial charge in [-0.1, -0.05) is 6.92 Å². The van der Waals surface area contributed by atoms with Crippen LogP contribution in [0.5, 0.6) is 0 Å². The molecule has 0 bridgehead atoms. The number of hydrogen-bond donors (Lipinski definition) is 1. The average molecular weight is 359 g/mol. The summed E-state index contributed by atoms with van der Waals surface area (Å²) in [6, 6.07) is 0. The van der Waals surface area contributed by atoms with E-state index in [0.29, 0.717) is 0 Å². The highest BCUT2D eigenvalue weighted by molar-refractivity contribution is 9.10. The zero-order valence-corrected chi connectivity index (χ0v) is 15.1. The van der Waals surface area contributed by atoms with Crippen molar-refractivity contribution in [3.8, 4) is 0 Å². The Labute approximate surface area is 136 Å². The Balaban J connectivity index is 1.91. The lowest BCUT2D eigenvalue weighted by atomic mass is 10.1. The Kier molecular flexibility index (Phi) is 5.46. The highest BCUT2D eigenvalue weighted by atomic mass is 79.9. The van der Waals surface area contributed by atoms with Gasteiger partial charge in [0.15, 0.2) is 0 Å². The van der Waals surface area contributed by atoms with E-state index in [1.54, 1.807) is 0 Å². The maximum atomic E-state index is 9.90. The quantitative estimate of drug-likeness (QED) is 0.868. The summed E-state index contributed by atoms with van der Waals surface area (Å²) in [5.41, 5.74) is 1.78. The van der Waals surface area contributed by atoms with Crippen molar-refractivity contribution in [2.75, 3.05) is 32.7 Å². The van der Waals surface area contributed by atoms with Crippen LogP contribution < -0.4 is 0 Å². The van der Waals surface area contributed by atoms with E-state index in [2.05, 4.69) is 37.8 Å². The minimum absolute atomic E-state index is 0.608. The fraction of sp³-hybridized carbons (Fsp3) is 0.800. The van der Waals surface area contributed by atoms with Crippen LogP contribution in [-0.2, 0) is 20.0 Å². The summed E-state index contributed by atoms with van der Waals surface area (Å²) in [4.78, 5) is 4.80. The van der Waals surface area contributed by atoms with E-state index in [9.17, 15) is 5.11 Å². The largest absolute Gasteiger partial charge is 0.389 e. The molecule has 120 valence electrons. The van der Waals surface area contributed by atoms with Gasteiger partial charge in [-0.05, 0) is 36.2 Å². The summed E-state index contributed by atoms with van der Waals surface area (Å²) in [5, 5.41) is 14.5. The number of nitrogens with zero attached hydrogens (tertiary/aromatic N) is 4. The van der Waals surface area contributed by atoms with Gasteiger partial charge in [-0.25, -0.2) is 0 Å². The summed E-state index contributed by atoms with van der Waals surface area (Å²) in [7, 11) is 2.02. The van der Waals surface area contributed by atoms with E-state index in [1.165, 1.54) is 5.69 Å². The van der Waals surface area contributed by atoms with Gasteiger partial charge in [0.25, 0.3) is 0 Å². The van der Waals surface area contributed by atoms with Gasteiger partial charge in [-0.15, -0.1) is 0 Å². The van der Waals surface area contributed by atoms with E-state index in [0.717, 1.165) is 55.9 Å². The van der Waals surface area contributed by atoms with Crippen LogP contribution in [0, 0.1) is 0 Å². The predicted molar refractivity (Wildman–Crippen MR) is 88.3 cm³/mol. The molecule has 1 fully saturated rings. The SMILES string of the molecule is CCc1nn(C)c(CN2CCN(CC(C)(C)O)CC2)c1Br. The Morgan fingerprint density at radius 3 is 2.24 bits per heavy atom. The molecule has 0 amide bonds.